The first-order chi connectivity index (χ1) is 11.1. The molecule has 0 aliphatic carbocycles. The zero-order valence-electron chi connectivity index (χ0n) is 11.9. The van der Waals surface area contributed by atoms with Gasteiger partial charge in [-0.3, -0.25) is 4.79 Å². The summed E-state index contributed by atoms with van der Waals surface area (Å²) >= 11 is 11.9. The van der Waals surface area contributed by atoms with Crippen LogP contribution in [0.25, 0.3) is 5.69 Å². The van der Waals surface area contributed by atoms with Gasteiger partial charge in [0.05, 0.1) is 12.1 Å². The molecular formula is C16H12Cl2N4O. The number of anilines is 1. The van der Waals surface area contributed by atoms with Crippen LogP contribution >= 0.6 is 23.2 Å². The summed E-state index contributed by atoms with van der Waals surface area (Å²) in [6.45, 7) is 0. The Balaban J connectivity index is 1.66. The molecule has 23 heavy (non-hydrogen) atoms. The Kier molecular flexibility index (Phi) is 4.60. The molecule has 0 bridgehead atoms. The summed E-state index contributed by atoms with van der Waals surface area (Å²) in [5, 5.41) is 7.90. The molecule has 3 aromatic rings. The quantitative estimate of drug-likeness (QED) is 0.782. The summed E-state index contributed by atoms with van der Waals surface area (Å²) in [4.78, 5) is 16.0. The zero-order valence-corrected chi connectivity index (χ0v) is 13.4. The molecule has 3 rings (SSSR count). The number of halogens is 2. The zero-order chi connectivity index (χ0) is 16.2. The normalized spacial score (nSPS) is 10.5. The molecule has 2 aromatic carbocycles. The van der Waals surface area contributed by atoms with E-state index in [-0.39, 0.29) is 12.3 Å². The van der Waals surface area contributed by atoms with Gasteiger partial charge in [0.1, 0.15) is 12.7 Å². The van der Waals surface area contributed by atoms with Crippen LogP contribution in [0.1, 0.15) is 5.56 Å². The van der Waals surface area contributed by atoms with Crippen molar-refractivity contribution in [1.82, 2.24) is 14.8 Å². The fourth-order valence-electron chi connectivity index (χ4n) is 2.08. The Morgan fingerprint density at radius 2 is 1.91 bits per heavy atom. The number of nitrogens with zero attached hydrogens (tertiary/aromatic N) is 3. The maximum atomic E-state index is 12.1. The molecule has 0 spiro atoms. The van der Waals surface area contributed by atoms with Crippen molar-refractivity contribution in [2.45, 2.75) is 6.42 Å². The maximum Gasteiger partial charge on any atom is 0.228 e. The monoisotopic (exact) mass is 346 g/mol. The lowest BCUT2D eigenvalue weighted by Crippen LogP contribution is -2.14. The van der Waals surface area contributed by atoms with Crippen LogP contribution in [0.15, 0.2) is 55.1 Å². The lowest BCUT2D eigenvalue weighted by molar-refractivity contribution is -0.115. The van der Waals surface area contributed by atoms with E-state index in [0.29, 0.717) is 15.7 Å². The summed E-state index contributed by atoms with van der Waals surface area (Å²) in [5.74, 6) is -0.150. The van der Waals surface area contributed by atoms with Crippen molar-refractivity contribution in [3.8, 4) is 5.69 Å². The third-order valence-corrected chi connectivity index (χ3v) is 3.79. The topological polar surface area (TPSA) is 59.8 Å². The lowest BCUT2D eigenvalue weighted by Gasteiger charge is -2.08. The van der Waals surface area contributed by atoms with Crippen molar-refractivity contribution in [2.75, 3.05) is 5.32 Å². The predicted octanol–water partition coefficient (Wildman–Crippen LogP) is 3.76. The second kappa shape index (κ2) is 6.81. The number of rotatable bonds is 4. The highest BCUT2D eigenvalue weighted by atomic mass is 35.5. The molecule has 0 aliphatic rings. The molecule has 1 aromatic heterocycles. The van der Waals surface area contributed by atoms with Crippen LogP contribution in [-0.4, -0.2) is 20.7 Å². The fourth-order valence-corrected chi connectivity index (χ4v) is 2.56. The van der Waals surface area contributed by atoms with Crippen LogP contribution in [0, 0.1) is 0 Å². The highest BCUT2D eigenvalue weighted by Gasteiger charge is 2.08. The van der Waals surface area contributed by atoms with E-state index in [0.717, 1.165) is 11.3 Å². The van der Waals surface area contributed by atoms with Crippen LogP contribution in [0.3, 0.4) is 0 Å². The largest absolute Gasteiger partial charge is 0.326 e. The standard InChI is InChI=1S/C16H12Cl2N4O/c17-12-2-1-11(15(18)8-12)7-16(23)21-13-3-5-14(6-4-13)22-10-19-9-20-22/h1-6,8-10H,7H2,(H,21,23). The molecule has 0 aliphatic heterocycles. The van der Waals surface area contributed by atoms with Gasteiger partial charge in [-0.1, -0.05) is 29.3 Å². The molecular weight excluding hydrogens is 335 g/mol. The average Bonchev–Trinajstić information content (AvgIpc) is 3.05. The van der Waals surface area contributed by atoms with Crippen molar-refractivity contribution in [3.05, 3.63) is 70.7 Å². The minimum Gasteiger partial charge on any atom is -0.326 e. The smallest absolute Gasteiger partial charge is 0.228 e. The van der Waals surface area contributed by atoms with Gasteiger partial charge < -0.3 is 5.32 Å². The highest BCUT2D eigenvalue weighted by molar-refractivity contribution is 6.35. The lowest BCUT2D eigenvalue weighted by atomic mass is 10.1. The Morgan fingerprint density at radius 3 is 2.57 bits per heavy atom. The molecule has 1 amide bonds. The molecule has 0 saturated carbocycles. The summed E-state index contributed by atoms with van der Waals surface area (Å²) in [6.07, 6.45) is 3.25. The number of aromatic nitrogens is 3. The minimum atomic E-state index is -0.150. The first-order valence-electron chi connectivity index (χ1n) is 6.80. The number of nitrogens with one attached hydrogen (secondary N) is 1. The summed E-state index contributed by atoms with van der Waals surface area (Å²) < 4.78 is 1.64. The highest BCUT2D eigenvalue weighted by Crippen LogP contribution is 2.22. The van der Waals surface area contributed by atoms with Gasteiger partial charge in [-0.15, -0.1) is 0 Å². The fraction of sp³-hybridized carbons (Fsp3) is 0.0625. The van der Waals surface area contributed by atoms with Crippen molar-refractivity contribution < 1.29 is 4.79 Å². The van der Waals surface area contributed by atoms with Gasteiger partial charge in [0.15, 0.2) is 0 Å². The molecule has 116 valence electrons. The van der Waals surface area contributed by atoms with Crippen LogP contribution in [-0.2, 0) is 11.2 Å². The van der Waals surface area contributed by atoms with Gasteiger partial charge in [0.25, 0.3) is 0 Å². The average molecular weight is 347 g/mol. The van der Waals surface area contributed by atoms with Crippen molar-refractivity contribution in [3.63, 3.8) is 0 Å². The van der Waals surface area contributed by atoms with Crippen LogP contribution in [0.5, 0.6) is 0 Å². The van der Waals surface area contributed by atoms with E-state index in [1.807, 2.05) is 12.1 Å². The van der Waals surface area contributed by atoms with E-state index >= 15 is 0 Å². The van der Waals surface area contributed by atoms with Gasteiger partial charge >= 0.3 is 0 Å². The summed E-state index contributed by atoms with van der Waals surface area (Å²) in [7, 11) is 0. The molecule has 1 N–H and O–H groups in total. The van der Waals surface area contributed by atoms with Crippen LogP contribution in [0.2, 0.25) is 10.0 Å². The van der Waals surface area contributed by atoms with Crippen molar-refractivity contribution in [2.24, 2.45) is 0 Å². The minimum absolute atomic E-state index is 0.150. The Morgan fingerprint density at radius 1 is 1.13 bits per heavy atom. The number of hydrogen-bond acceptors (Lipinski definition) is 3. The number of hydrogen-bond donors (Lipinski definition) is 1. The van der Waals surface area contributed by atoms with Gasteiger partial charge in [-0.05, 0) is 42.0 Å². The van der Waals surface area contributed by atoms with E-state index in [9.17, 15) is 4.79 Å². The molecule has 0 radical (unpaired) electrons. The van der Waals surface area contributed by atoms with E-state index in [1.54, 1.807) is 41.3 Å². The first-order valence-corrected chi connectivity index (χ1v) is 7.56. The molecule has 1 heterocycles. The SMILES string of the molecule is O=C(Cc1ccc(Cl)cc1Cl)Nc1ccc(-n2cncn2)cc1. The van der Waals surface area contributed by atoms with E-state index in [2.05, 4.69) is 15.4 Å². The molecule has 7 heteroatoms. The van der Waals surface area contributed by atoms with Crippen molar-refractivity contribution in [1.29, 1.82) is 0 Å². The maximum absolute atomic E-state index is 12.1. The van der Waals surface area contributed by atoms with Gasteiger partial charge in [0, 0.05) is 15.7 Å². The number of carbonyl (C=O) groups excluding carboxylic acids is 1. The van der Waals surface area contributed by atoms with E-state index in [1.165, 1.54) is 6.33 Å². The van der Waals surface area contributed by atoms with Gasteiger partial charge in [0.2, 0.25) is 5.91 Å². The second-order valence-corrected chi connectivity index (χ2v) is 5.69. The summed E-state index contributed by atoms with van der Waals surface area (Å²) in [5.41, 5.74) is 2.29. The van der Waals surface area contributed by atoms with Gasteiger partial charge in [-0.2, -0.15) is 5.10 Å². The van der Waals surface area contributed by atoms with Crippen molar-refractivity contribution >= 4 is 34.8 Å². The van der Waals surface area contributed by atoms with E-state index in [4.69, 9.17) is 23.2 Å². The van der Waals surface area contributed by atoms with Gasteiger partial charge in [-0.25, -0.2) is 9.67 Å². The Hall–Kier alpha value is -2.37. The Labute approximate surface area is 142 Å². The molecule has 0 fully saturated rings. The third-order valence-electron chi connectivity index (χ3n) is 3.20. The van der Waals surface area contributed by atoms with Crippen LogP contribution < -0.4 is 5.32 Å². The first kappa shape index (κ1) is 15.5. The number of benzene rings is 2. The molecule has 5 nitrogen and oxygen atoms in total. The van der Waals surface area contributed by atoms with Crippen LogP contribution in [0.4, 0.5) is 5.69 Å². The molecule has 0 saturated heterocycles. The summed E-state index contributed by atoms with van der Waals surface area (Å²) in [6, 6.07) is 12.4. The molecule has 0 unspecified atom stereocenters. The second-order valence-electron chi connectivity index (χ2n) is 4.85. The Bertz CT molecular complexity index is 817. The predicted molar refractivity (Wildman–Crippen MR) is 90.2 cm³/mol. The number of carbonyl (C=O) groups is 1. The molecule has 0 atom stereocenters. The number of amides is 1. The van der Waals surface area contributed by atoms with E-state index < -0.39 is 0 Å². The third kappa shape index (κ3) is 3.88.